The van der Waals surface area contributed by atoms with Gasteiger partial charge in [-0.1, -0.05) is 17.3 Å². The summed E-state index contributed by atoms with van der Waals surface area (Å²) in [6.45, 7) is -0.0966. The van der Waals surface area contributed by atoms with Gasteiger partial charge in [0.2, 0.25) is 5.91 Å². The molecule has 0 saturated heterocycles. The highest BCUT2D eigenvalue weighted by molar-refractivity contribution is 5.88. The zero-order valence-electron chi connectivity index (χ0n) is 10.8. The third kappa shape index (κ3) is 3.12. The molecule has 1 aromatic heterocycles. The quantitative estimate of drug-likeness (QED) is 0.801. The van der Waals surface area contributed by atoms with E-state index in [1.807, 2.05) is 6.07 Å². The fourth-order valence-electron chi connectivity index (χ4n) is 1.80. The van der Waals surface area contributed by atoms with E-state index in [-0.39, 0.29) is 13.0 Å². The fraction of sp³-hybridized carbons (Fsp3) is 0.308. The lowest BCUT2D eigenvalue weighted by molar-refractivity contribution is -0.143. The lowest BCUT2D eigenvalue weighted by atomic mass is 10.1. The molecular formula is C13H14N2O5. The van der Waals surface area contributed by atoms with Gasteiger partial charge in [0.25, 0.3) is 0 Å². The highest BCUT2D eigenvalue weighted by Gasteiger charge is 2.21. The number of aromatic nitrogens is 1. The summed E-state index contributed by atoms with van der Waals surface area (Å²) in [7, 11) is 1.37. The first kappa shape index (κ1) is 14.0. The molecule has 7 nitrogen and oxygen atoms in total. The summed E-state index contributed by atoms with van der Waals surface area (Å²) in [6.07, 6.45) is -0.0511. The zero-order valence-corrected chi connectivity index (χ0v) is 10.8. The van der Waals surface area contributed by atoms with E-state index in [0.29, 0.717) is 11.3 Å². The molecule has 106 valence electrons. The average molecular weight is 278 g/mol. The van der Waals surface area contributed by atoms with Crippen LogP contribution >= 0.6 is 0 Å². The van der Waals surface area contributed by atoms with Gasteiger partial charge in [-0.3, -0.25) is 4.79 Å². The van der Waals surface area contributed by atoms with Crippen LogP contribution in [0.5, 0.6) is 0 Å². The number of carboxylic acid groups (broad SMARTS) is 1. The van der Waals surface area contributed by atoms with Gasteiger partial charge in [-0.05, 0) is 12.1 Å². The van der Waals surface area contributed by atoms with Crippen molar-refractivity contribution in [1.82, 2.24) is 10.5 Å². The van der Waals surface area contributed by atoms with E-state index >= 15 is 0 Å². The number of aliphatic carboxylic acids is 1. The summed E-state index contributed by atoms with van der Waals surface area (Å²) in [5.41, 5.74) is 1.06. The molecule has 1 aromatic carbocycles. The molecule has 20 heavy (non-hydrogen) atoms. The molecule has 0 fully saturated rings. The Labute approximate surface area is 114 Å². The zero-order chi connectivity index (χ0) is 14.5. The second-order valence-electron chi connectivity index (χ2n) is 4.22. The van der Waals surface area contributed by atoms with Gasteiger partial charge >= 0.3 is 5.97 Å². The van der Waals surface area contributed by atoms with Gasteiger partial charge in [0.1, 0.15) is 5.69 Å². The van der Waals surface area contributed by atoms with Crippen molar-refractivity contribution in [3.63, 3.8) is 0 Å². The SMILES string of the molecule is COCC(NC(=O)Cc1noc2ccccc12)C(=O)O. The van der Waals surface area contributed by atoms with Crippen molar-refractivity contribution in [3.05, 3.63) is 30.0 Å². The Bertz CT molecular complexity index is 622. The number of carboxylic acids is 1. The molecule has 2 aromatic rings. The van der Waals surface area contributed by atoms with Crippen LogP contribution in [-0.4, -0.2) is 41.9 Å². The molecule has 1 amide bonds. The fourth-order valence-corrected chi connectivity index (χ4v) is 1.80. The number of carbonyl (C=O) groups is 2. The molecule has 0 bridgehead atoms. The van der Waals surface area contributed by atoms with E-state index in [4.69, 9.17) is 14.4 Å². The summed E-state index contributed by atoms with van der Waals surface area (Å²) >= 11 is 0. The van der Waals surface area contributed by atoms with Gasteiger partial charge in [-0.2, -0.15) is 0 Å². The minimum Gasteiger partial charge on any atom is -0.480 e. The Kier molecular flexibility index (Phi) is 4.31. The Morgan fingerprint density at radius 1 is 1.45 bits per heavy atom. The number of rotatable bonds is 6. The second-order valence-corrected chi connectivity index (χ2v) is 4.22. The van der Waals surface area contributed by atoms with Gasteiger partial charge in [0.05, 0.1) is 13.0 Å². The predicted molar refractivity (Wildman–Crippen MR) is 69.2 cm³/mol. The second kappa shape index (κ2) is 6.16. The topological polar surface area (TPSA) is 102 Å². The molecule has 1 heterocycles. The van der Waals surface area contributed by atoms with Crippen LogP contribution in [0, 0.1) is 0 Å². The first-order valence-corrected chi connectivity index (χ1v) is 5.96. The van der Waals surface area contributed by atoms with E-state index in [1.165, 1.54) is 7.11 Å². The Morgan fingerprint density at radius 3 is 2.90 bits per heavy atom. The highest BCUT2D eigenvalue weighted by Crippen LogP contribution is 2.17. The van der Waals surface area contributed by atoms with E-state index in [1.54, 1.807) is 18.2 Å². The van der Waals surface area contributed by atoms with Crippen molar-refractivity contribution in [2.45, 2.75) is 12.5 Å². The Balaban J connectivity index is 2.06. The summed E-state index contributed by atoms with van der Waals surface area (Å²) in [5.74, 6) is -1.60. The maximum absolute atomic E-state index is 11.8. The minimum absolute atomic E-state index is 0.0511. The molecule has 2 rings (SSSR count). The summed E-state index contributed by atoms with van der Waals surface area (Å²) < 4.78 is 9.82. The summed E-state index contributed by atoms with van der Waals surface area (Å²) in [4.78, 5) is 22.7. The first-order chi connectivity index (χ1) is 9.61. The summed E-state index contributed by atoms with van der Waals surface area (Å²) in [6, 6.07) is 6.07. The Morgan fingerprint density at radius 2 is 2.20 bits per heavy atom. The third-order valence-corrected chi connectivity index (χ3v) is 2.75. The molecule has 2 N–H and O–H groups in total. The number of nitrogens with one attached hydrogen (secondary N) is 1. The van der Waals surface area contributed by atoms with Crippen molar-refractivity contribution >= 4 is 22.8 Å². The molecule has 0 saturated carbocycles. The number of fused-ring (bicyclic) bond motifs is 1. The van der Waals surface area contributed by atoms with Gasteiger partial charge in [-0.15, -0.1) is 0 Å². The van der Waals surface area contributed by atoms with Crippen LogP contribution in [0.25, 0.3) is 11.0 Å². The number of hydrogen-bond donors (Lipinski definition) is 2. The molecule has 0 radical (unpaired) electrons. The van der Waals surface area contributed by atoms with Gasteiger partial charge in [0, 0.05) is 12.5 Å². The normalized spacial score (nSPS) is 12.2. The Hall–Kier alpha value is -2.41. The van der Waals surface area contributed by atoms with Gasteiger partial charge in [-0.25, -0.2) is 4.79 Å². The standard InChI is InChI=1S/C13H14N2O5/c1-19-7-10(13(17)18)14-12(16)6-9-8-4-2-3-5-11(8)20-15-9/h2-5,10H,6-7H2,1H3,(H,14,16)(H,17,18). The van der Waals surface area contributed by atoms with Crippen molar-refractivity contribution in [2.24, 2.45) is 0 Å². The molecule has 0 aliphatic heterocycles. The molecule has 0 aliphatic rings. The van der Waals surface area contributed by atoms with E-state index in [9.17, 15) is 9.59 Å². The van der Waals surface area contributed by atoms with Crippen LogP contribution in [0.2, 0.25) is 0 Å². The van der Waals surface area contributed by atoms with E-state index in [2.05, 4.69) is 10.5 Å². The number of hydrogen-bond acceptors (Lipinski definition) is 5. The highest BCUT2D eigenvalue weighted by atomic mass is 16.5. The smallest absolute Gasteiger partial charge is 0.328 e. The molecule has 7 heteroatoms. The lowest BCUT2D eigenvalue weighted by Gasteiger charge is -2.12. The maximum atomic E-state index is 11.8. The third-order valence-electron chi connectivity index (χ3n) is 2.75. The number of benzene rings is 1. The monoisotopic (exact) mass is 278 g/mol. The maximum Gasteiger partial charge on any atom is 0.328 e. The van der Waals surface area contributed by atoms with Crippen molar-refractivity contribution in [3.8, 4) is 0 Å². The van der Waals surface area contributed by atoms with E-state index in [0.717, 1.165) is 5.39 Å². The largest absolute Gasteiger partial charge is 0.480 e. The van der Waals surface area contributed by atoms with Crippen molar-refractivity contribution in [2.75, 3.05) is 13.7 Å². The number of ether oxygens (including phenoxy) is 1. The van der Waals surface area contributed by atoms with Crippen LogP contribution < -0.4 is 5.32 Å². The van der Waals surface area contributed by atoms with Crippen molar-refractivity contribution in [1.29, 1.82) is 0 Å². The number of amides is 1. The van der Waals surface area contributed by atoms with Crippen LogP contribution in [0.3, 0.4) is 0 Å². The first-order valence-electron chi connectivity index (χ1n) is 5.96. The van der Waals surface area contributed by atoms with Crippen LogP contribution in [0.1, 0.15) is 5.69 Å². The predicted octanol–water partition coefficient (Wildman–Crippen LogP) is 0.586. The van der Waals surface area contributed by atoms with Crippen LogP contribution in [0.15, 0.2) is 28.8 Å². The molecular weight excluding hydrogens is 264 g/mol. The van der Waals surface area contributed by atoms with Crippen molar-refractivity contribution < 1.29 is 24.0 Å². The number of para-hydroxylation sites is 1. The lowest BCUT2D eigenvalue weighted by Crippen LogP contribution is -2.44. The van der Waals surface area contributed by atoms with Crippen LogP contribution in [0.4, 0.5) is 0 Å². The van der Waals surface area contributed by atoms with Crippen LogP contribution in [-0.2, 0) is 20.7 Å². The molecule has 1 atom stereocenters. The van der Waals surface area contributed by atoms with Gasteiger partial charge in [0.15, 0.2) is 11.6 Å². The van der Waals surface area contributed by atoms with Gasteiger partial charge < -0.3 is 19.7 Å². The molecule has 1 unspecified atom stereocenters. The van der Waals surface area contributed by atoms with E-state index < -0.39 is 17.9 Å². The molecule has 0 spiro atoms. The average Bonchev–Trinajstić information content (AvgIpc) is 2.81. The number of carbonyl (C=O) groups excluding carboxylic acids is 1. The number of nitrogens with zero attached hydrogens (tertiary/aromatic N) is 1. The number of methoxy groups -OCH3 is 1. The minimum atomic E-state index is -1.15. The molecule has 0 aliphatic carbocycles. The summed E-state index contributed by atoms with van der Waals surface area (Å²) in [5, 5.41) is 15.9.